The second kappa shape index (κ2) is 6.06. The zero-order valence-corrected chi connectivity index (χ0v) is 12.4. The highest BCUT2D eigenvalue weighted by Gasteiger charge is 2.29. The van der Waals surface area contributed by atoms with Crippen molar-refractivity contribution in [2.45, 2.75) is 32.3 Å². The molecule has 1 aromatic rings. The van der Waals surface area contributed by atoms with E-state index in [1.54, 1.807) is 27.9 Å². The van der Waals surface area contributed by atoms with E-state index < -0.39 is 5.60 Å². The molecule has 0 bridgehead atoms. The molecule has 0 aliphatic rings. The van der Waals surface area contributed by atoms with Gasteiger partial charge < -0.3 is 15.3 Å². The maximum absolute atomic E-state index is 11.6. The Morgan fingerprint density at radius 1 is 1.37 bits per heavy atom. The van der Waals surface area contributed by atoms with Crippen molar-refractivity contribution < 1.29 is 9.90 Å². The molecule has 0 aliphatic carbocycles. The van der Waals surface area contributed by atoms with Crippen molar-refractivity contribution in [1.29, 1.82) is 0 Å². The Hall–Kier alpha value is -1.55. The smallest absolute Gasteiger partial charge is 0.316 e. The van der Waals surface area contributed by atoms with E-state index in [9.17, 15) is 9.90 Å². The topological polar surface area (TPSA) is 52.6 Å². The van der Waals surface area contributed by atoms with Gasteiger partial charge >= 0.3 is 6.03 Å². The molecule has 4 nitrogen and oxygen atoms in total. The maximum Gasteiger partial charge on any atom is 0.316 e. The normalized spacial score (nSPS) is 12.9. The third-order valence-corrected chi connectivity index (χ3v) is 3.28. The summed E-state index contributed by atoms with van der Waals surface area (Å²) >= 11 is 0. The predicted octanol–water partition coefficient (Wildman–Crippen LogP) is 2.12. The van der Waals surface area contributed by atoms with Gasteiger partial charge in [0.15, 0.2) is 0 Å². The van der Waals surface area contributed by atoms with Crippen LogP contribution in [0.1, 0.15) is 30.9 Å². The number of hydrogen-bond acceptors (Lipinski definition) is 2. The molecule has 0 aromatic heterocycles. The van der Waals surface area contributed by atoms with E-state index in [0.717, 1.165) is 11.1 Å². The lowest BCUT2D eigenvalue weighted by Gasteiger charge is -2.31. The number of nitrogens with one attached hydrogen (secondary N) is 1. The van der Waals surface area contributed by atoms with Crippen LogP contribution in [-0.2, 0) is 0 Å². The lowest BCUT2D eigenvalue weighted by Crippen LogP contribution is -2.42. The van der Waals surface area contributed by atoms with Gasteiger partial charge in [-0.1, -0.05) is 24.3 Å². The van der Waals surface area contributed by atoms with Gasteiger partial charge in [-0.05, 0) is 31.9 Å². The first-order chi connectivity index (χ1) is 8.73. The third kappa shape index (κ3) is 4.24. The van der Waals surface area contributed by atoms with E-state index >= 15 is 0 Å². The van der Waals surface area contributed by atoms with Crippen LogP contribution < -0.4 is 5.32 Å². The predicted molar refractivity (Wildman–Crippen MR) is 77.3 cm³/mol. The zero-order valence-electron chi connectivity index (χ0n) is 12.4. The largest absolute Gasteiger partial charge is 0.390 e. The number of hydrogen-bond donors (Lipinski definition) is 2. The van der Waals surface area contributed by atoms with E-state index in [0.29, 0.717) is 6.54 Å². The average molecular weight is 264 g/mol. The Labute approximate surface area is 115 Å². The van der Waals surface area contributed by atoms with E-state index in [-0.39, 0.29) is 11.9 Å². The molecule has 2 N–H and O–H groups in total. The van der Waals surface area contributed by atoms with Crippen LogP contribution in [0.5, 0.6) is 0 Å². The van der Waals surface area contributed by atoms with E-state index in [2.05, 4.69) is 5.32 Å². The first kappa shape index (κ1) is 15.5. The number of amides is 2. The van der Waals surface area contributed by atoms with Crippen LogP contribution in [-0.4, -0.2) is 42.3 Å². The summed E-state index contributed by atoms with van der Waals surface area (Å²) in [5.74, 6) is -0.141. The zero-order chi connectivity index (χ0) is 14.6. The van der Waals surface area contributed by atoms with Crippen molar-refractivity contribution in [3.8, 4) is 0 Å². The maximum atomic E-state index is 11.6. The highest BCUT2D eigenvalue weighted by Crippen LogP contribution is 2.29. The van der Waals surface area contributed by atoms with Gasteiger partial charge in [0.1, 0.15) is 0 Å². The van der Waals surface area contributed by atoms with Crippen molar-refractivity contribution in [2.75, 3.05) is 20.6 Å². The van der Waals surface area contributed by atoms with Crippen LogP contribution in [0.4, 0.5) is 4.79 Å². The second-order valence-corrected chi connectivity index (χ2v) is 5.64. The number of aliphatic hydroxyl groups is 1. The Balaban J connectivity index is 2.92. The molecule has 1 aromatic carbocycles. The van der Waals surface area contributed by atoms with Gasteiger partial charge in [-0.25, -0.2) is 4.79 Å². The van der Waals surface area contributed by atoms with E-state index in [4.69, 9.17) is 0 Å². The van der Waals surface area contributed by atoms with Crippen LogP contribution in [0.25, 0.3) is 0 Å². The van der Waals surface area contributed by atoms with Gasteiger partial charge in [-0.3, -0.25) is 0 Å². The Morgan fingerprint density at radius 3 is 2.42 bits per heavy atom. The quantitative estimate of drug-likeness (QED) is 0.875. The number of urea groups is 1. The molecule has 1 rings (SSSR count). The number of benzene rings is 1. The van der Waals surface area contributed by atoms with Gasteiger partial charge in [0.2, 0.25) is 0 Å². The summed E-state index contributed by atoms with van der Waals surface area (Å²) in [5.41, 5.74) is 1.29. The molecule has 0 heterocycles. The monoisotopic (exact) mass is 264 g/mol. The summed E-state index contributed by atoms with van der Waals surface area (Å²) in [7, 11) is 3.39. The summed E-state index contributed by atoms with van der Waals surface area (Å²) in [6, 6.07) is 7.79. The minimum atomic E-state index is -0.897. The highest BCUT2D eigenvalue weighted by atomic mass is 16.3. The number of carbonyl (C=O) groups is 1. The molecular formula is C15H24N2O2. The van der Waals surface area contributed by atoms with Gasteiger partial charge in [-0.2, -0.15) is 0 Å². The summed E-state index contributed by atoms with van der Waals surface area (Å²) in [5, 5.41) is 13.2. The van der Waals surface area contributed by atoms with Crippen LogP contribution in [0.3, 0.4) is 0 Å². The van der Waals surface area contributed by atoms with E-state index in [1.165, 1.54) is 4.90 Å². The number of carbonyl (C=O) groups excluding carboxylic acids is 1. The van der Waals surface area contributed by atoms with E-state index in [1.807, 2.05) is 31.2 Å². The molecule has 2 amide bonds. The average Bonchev–Trinajstić information content (AvgIpc) is 2.29. The summed E-state index contributed by atoms with van der Waals surface area (Å²) in [4.78, 5) is 13.1. The van der Waals surface area contributed by atoms with Gasteiger partial charge in [0, 0.05) is 26.6 Å². The molecule has 0 aliphatic heterocycles. The number of nitrogens with zero attached hydrogens (tertiary/aromatic N) is 1. The molecule has 0 saturated carbocycles. The van der Waals surface area contributed by atoms with Crippen molar-refractivity contribution in [3.05, 3.63) is 35.4 Å². The molecular weight excluding hydrogens is 240 g/mol. The summed E-state index contributed by atoms with van der Waals surface area (Å²) in [6.07, 6.45) is 0. The minimum absolute atomic E-state index is 0.141. The number of aryl methyl sites for hydroxylation is 1. The lowest BCUT2D eigenvalue weighted by molar-refractivity contribution is 0.0499. The standard InChI is InChI=1S/C15H24N2O2/c1-11-8-6-7-9-12(11)13(15(2,3)19)10-16-14(18)17(4)5/h6-9,13,19H,10H2,1-5H3,(H,16,18). The Kier molecular flexibility index (Phi) is 4.95. The van der Waals surface area contributed by atoms with Crippen LogP contribution in [0.2, 0.25) is 0 Å². The fourth-order valence-electron chi connectivity index (χ4n) is 2.07. The van der Waals surface area contributed by atoms with Crippen LogP contribution in [0, 0.1) is 6.92 Å². The molecule has 1 unspecified atom stereocenters. The Bertz CT molecular complexity index is 436. The van der Waals surface area contributed by atoms with Crippen molar-refractivity contribution >= 4 is 6.03 Å². The first-order valence-electron chi connectivity index (χ1n) is 6.46. The van der Waals surface area contributed by atoms with Gasteiger partial charge in [0.25, 0.3) is 0 Å². The van der Waals surface area contributed by atoms with Gasteiger partial charge in [-0.15, -0.1) is 0 Å². The Morgan fingerprint density at radius 2 is 1.95 bits per heavy atom. The molecule has 0 saturated heterocycles. The first-order valence-corrected chi connectivity index (χ1v) is 6.46. The molecule has 19 heavy (non-hydrogen) atoms. The SMILES string of the molecule is Cc1ccccc1C(CNC(=O)N(C)C)C(C)(C)O. The van der Waals surface area contributed by atoms with Crippen LogP contribution >= 0.6 is 0 Å². The molecule has 106 valence electrons. The molecule has 1 atom stereocenters. The number of rotatable bonds is 4. The lowest BCUT2D eigenvalue weighted by atomic mass is 9.82. The van der Waals surface area contributed by atoms with Crippen LogP contribution in [0.15, 0.2) is 24.3 Å². The molecule has 0 spiro atoms. The summed E-state index contributed by atoms with van der Waals surface area (Å²) < 4.78 is 0. The molecule has 0 radical (unpaired) electrons. The molecule has 0 fully saturated rings. The summed E-state index contributed by atoms with van der Waals surface area (Å²) in [6.45, 7) is 5.96. The van der Waals surface area contributed by atoms with Crippen molar-refractivity contribution in [3.63, 3.8) is 0 Å². The second-order valence-electron chi connectivity index (χ2n) is 5.64. The fraction of sp³-hybridized carbons (Fsp3) is 0.533. The minimum Gasteiger partial charge on any atom is -0.390 e. The molecule has 4 heteroatoms. The van der Waals surface area contributed by atoms with Gasteiger partial charge in [0.05, 0.1) is 5.60 Å². The fourth-order valence-corrected chi connectivity index (χ4v) is 2.07. The highest BCUT2D eigenvalue weighted by molar-refractivity contribution is 5.73. The third-order valence-electron chi connectivity index (χ3n) is 3.28. The van der Waals surface area contributed by atoms with Crippen molar-refractivity contribution in [1.82, 2.24) is 10.2 Å². The van der Waals surface area contributed by atoms with Crippen molar-refractivity contribution in [2.24, 2.45) is 0 Å².